The first-order valence-electron chi connectivity index (χ1n) is 5.82. The average molecular weight is 271 g/mol. The molecule has 1 aromatic heterocycles. The standard InChI is InChI=1S/C14H13N3O3/c1-9-7-10(8-15)17-14(16-9)20-13-11(18-2)5-4-6-12(13)19-3/h4-7H,1-3H3. The summed E-state index contributed by atoms with van der Waals surface area (Å²) in [5.41, 5.74) is 0.877. The van der Waals surface area contributed by atoms with Gasteiger partial charge in [0.1, 0.15) is 11.8 Å². The average Bonchev–Trinajstić information content (AvgIpc) is 2.46. The summed E-state index contributed by atoms with van der Waals surface area (Å²) in [6.07, 6.45) is 0. The largest absolute Gasteiger partial charge is 0.493 e. The third-order valence-corrected chi connectivity index (χ3v) is 2.52. The number of nitriles is 1. The van der Waals surface area contributed by atoms with Crippen molar-refractivity contribution < 1.29 is 14.2 Å². The second-order valence-electron chi connectivity index (χ2n) is 3.88. The molecule has 2 aromatic rings. The molecule has 0 bridgehead atoms. The van der Waals surface area contributed by atoms with Crippen molar-refractivity contribution in [2.24, 2.45) is 0 Å². The topological polar surface area (TPSA) is 77.3 Å². The van der Waals surface area contributed by atoms with Crippen LogP contribution in [0, 0.1) is 18.3 Å². The Balaban J connectivity index is 2.44. The molecule has 0 fully saturated rings. The summed E-state index contributed by atoms with van der Waals surface area (Å²) in [5, 5.41) is 8.91. The molecule has 0 atom stereocenters. The van der Waals surface area contributed by atoms with Crippen molar-refractivity contribution in [2.75, 3.05) is 14.2 Å². The second-order valence-corrected chi connectivity index (χ2v) is 3.88. The molecule has 6 nitrogen and oxygen atoms in total. The minimum Gasteiger partial charge on any atom is -0.493 e. The van der Waals surface area contributed by atoms with Gasteiger partial charge in [-0.05, 0) is 25.1 Å². The first-order valence-corrected chi connectivity index (χ1v) is 5.82. The molecule has 0 N–H and O–H groups in total. The molecule has 0 aliphatic carbocycles. The van der Waals surface area contributed by atoms with Crippen LogP contribution >= 0.6 is 0 Å². The minimum atomic E-state index is 0.0735. The molecular weight excluding hydrogens is 258 g/mol. The normalized spacial score (nSPS) is 9.70. The Morgan fingerprint density at radius 2 is 1.75 bits per heavy atom. The molecule has 0 radical (unpaired) electrons. The zero-order chi connectivity index (χ0) is 14.5. The molecule has 102 valence electrons. The van der Waals surface area contributed by atoms with Crippen LogP contribution in [0.1, 0.15) is 11.4 Å². The zero-order valence-corrected chi connectivity index (χ0v) is 11.4. The Morgan fingerprint density at radius 1 is 1.10 bits per heavy atom. The van der Waals surface area contributed by atoms with Gasteiger partial charge in [0, 0.05) is 5.69 Å². The van der Waals surface area contributed by atoms with Crippen LogP contribution in [0.3, 0.4) is 0 Å². The SMILES string of the molecule is COc1cccc(OC)c1Oc1nc(C)cc(C#N)n1. The van der Waals surface area contributed by atoms with E-state index in [1.165, 1.54) is 14.2 Å². The summed E-state index contributed by atoms with van der Waals surface area (Å²) in [7, 11) is 3.05. The van der Waals surface area contributed by atoms with Crippen LogP contribution in [0.2, 0.25) is 0 Å². The molecule has 0 spiro atoms. The summed E-state index contributed by atoms with van der Waals surface area (Å²) >= 11 is 0. The number of ether oxygens (including phenoxy) is 3. The second kappa shape index (κ2) is 5.89. The van der Waals surface area contributed by atoms with Crippen molar-refractivity contribution in [3.63, 3.8) is 0 Å². The number of benzene rings is 1. The molecule has 6 heteroatoms. The maximum atomic E-state index is 8.91. The summed E-state index contributed by atoms with van der Waals surface area (Å²) in [6.45, 7) is 1.76. The Morgan fingerprint density at radius 3 is 2.30 bits per heavy atom. The third kappa shape index (κ3) is 2.78. The Kier molecular flexibility index (Phi) is 4.01. The smallest absolute Gasteiger partial charge is 0.323 e. The van der Waals surface area contributed by atoms with Crippen LogP contribution in [0.25, 0.3) is 0 Å². The van der Waals surface area contributed by atoms with Gasteiger partial charge >= 0.3 is 6.01 Å². The van der Waals surface area contributed by atoms with Gasteiger partial charge in [-0.3, -0.25) is 0 Å². The number of hydrogen-bond acceptors (Lipinski definition) is 6. The number of methoxy groups -OCH3 is 2. The van der Waals surface area contributed by atoms with Gasteiger partial charge in [0.15, 0.2) is 11.5 Å². The van der Waals surface area contributed by atoms with E-state index >= 15 is 0 Å². The molecule has 2 rings (SSSR count). The Hall–Kier alpha value is -2.81. The monoisotopic (exact) mass is 271 g/mol. The van der Waals surface area contributed by atoms with Gasteiger partial charge in [-0.15, -0.1) is 0 Å². The van der Waals surface area contributed by atoms with Gasteiger partial charge in [-0.2, -0.15) is 10.2 Å². The van der Waals surface area contributed by atoms with Crippen molar-refractivity contribution in [3.05, 3.63) is 35.7 Å². The summed E-state index contributed by atoms with van der Waals surface area (Å²) in [5.74, 6) is 1.35. The van der Waals surface area contributed by atoms with Crippen LogP contribution in [-0.2, 0) is 0 Å². The van der Waals surface area contributed by atoms with Crippen LogP contribution < -0.4 is 14.2 Å². The number of aromatic nitrogens is 2. The molecule has 0 aliphatic rings. The number of hydrogen-bond donors (Lipinski definition) is 0. The fourth-order valence-corrected chi connectivity index (χ4v) is 1.65. The van der Waals surface area contributed by atoms with Crippen LogP contribution in [-0.4, -0.2) is 24.2 Å². The summed E-state index contributed by atoms with van der Waals surface area (Å²) in [4.78, 5) is 8.12. The molecule has 0 unspecified atom stereocenters. The highest BCUT2D eigenvalue weighted by Crippen LogP contribution is 2.38. The first kappa shape index (κ1) is 13.6. The molecule has 0 amide bonds. The van der Waals surface area contributed by atoms with E-state index in [9.17, 15) is 0 Å². The van der Waals surface area contributed by atoms with Crippen molar-refractivity contribution in [1.29, 1.82) is 5.26 Å². The van der Waals surface area contributed by atoms with E-state index in [2.05, 4.69) is 9.97 Å². The fraction of sp³-hybridized carbons (Fsp3) is 0.214. The lowest BCUT2D eigenvalue weighted by Gasteiger charge is -2.12. The maximum absolute atomic E-state index is 8.91. The third-order valence-electron chi connectivity index (χ3n) is 2.52. The van der Waals surface area contributed by atoms with Crippen molar-refractivity contribution >= 4 is 0 Å². The van der Waals surface area contributed by atoms with E-state index < -0.39 is 0 Å². The molecule has 20 heavy (non-hydrogen) atoms. The molecule has 1 heterocycles. The van der Waals surface area contributed by atoms with Crippen molar-refractivity contribution in [1.82, 2.24) is 9.97 Å². The van der Waals surface area contributed by atoms with E-state index in [4.69, 9.17) is 19.5 Å². The number of para-hydroxylation sites is 1. The fourth-order valence-electron chi connectivity index (χ4n) is 1.65. The van der Waals surface area contributed by atoms with Gasteiger partial charge in [-0.1, -0.05) is 6.07 Å². The highest BCUT2D eigenvalue weighted by molar-refractivity contribution is 5.52. The molecule has 0 saturated carbocycles. The molecule has 0 aliphatic heterocycles. The van der Waals surface area contributed by atoms with Crippen LogP contribution in [0.15, 0.2) is 24.3 Å². The van der Waals surface area contributed by atoms with E-state index in [0.29, 0.717) is 22.9 Å². The maximum Gasteiger partial charge on any atom is 0.323 e. The van der Waals surface area contributed by atoms with Gasteiger partial charge in [-0.25, -0.2) is 4.98 Å². The Labute approximate surface area is 116 Å². The van der Waals surface area contributed by atoms with E-state index in [1.807, 2.05) is 6.07 Å². The lowest BCUT2D eigenvalue weighted by Crippen LogP contribution is -1.99. The van der Waals surface area contributed by atoms with E-state index in [0.717, 1.165) is 0 Å². The van der Waals surface area contributed by atoms with Gasteiger partial charge < -0.3 is 14.2 Å². The lowest BCUT2D eigenvalue weighted by molar-refractivity contribution is 0.336. The quantitative estimate of drug-likeness (QED) is 0.850. The van der Waals surface area contributed by atoms with Crippen molar-refractivity contribution in [2.45, 2.75) is 6.92 Å². The minimum absolute atomic E-state index is 0.0735. The van der Waals surface area contributed by atoms with Crippen LogP contribution in [0.4, 0.5) is 0 Å². The van der Waals surface area contributed by atoms with E-state index in [1.54, 1.807) is 31.2 Å². The molecule has 0 saturated heterocycles. The predicted octanol–water partition coefficient (Wildman–Crippen LogP) is 2.47. The molecular formula is C14H13N3O3. The zero-order valence-electron chi connectivity index (χ0n) is 11.4. The lowest BCUT2D eigenvalue weighted by atomic mass is 10.3. The highest BCUT2D eigenvalue weighted by atomic mass is 16.5. The van der Waals surface area contributed by atoms with Gasteiger partial charge in [0.2, 0.25) is 5.75 Å². The number of aryl methyl sites for hydroxylation is 1. The van der Waals surface area contributed by atoms with Crippen molar-refractivity contribution in [3.8, 4) is 29.3 Å². The first-order chi connectivity index (χ1) is 9.67. The summed E-state index contributed by atoms with van der Waals surface area (Å²) in [6, 6.07) is 8.86. The van der Waals surface area contributed by atoms with Gasteiger partial charge in [0.25, 0.3) is 0 Å². The van der Waals surface area contributed by atoms with Gasteiger partial charge in [0.05, 0.1) is 14.2 Å². The predicted molar refractivity (Wildman–Crippen MR) is 71.1 cm³/mol. The number of nitrogens with zero attached hydrogens (tertiary/aromatic N) is 3. The van der Waals surface area contributed by atoms with E-state index in [-0.39, 0.29) is 11.7 Å². The number of rotatable bonds is 4. The molecule has 1 aromatic carbocycles. The summed E-state index contributed by atoms with van der Waals surface area (Å²) < 4.78 is 16.1. The Bertz CT molecular complexity index is 643. The highest BCUT2D eigenvalue weighted by Gasteiger charge is 2.14. The van der Waals surface area contributed by atoms with Crippen LogP contribution in [0.5, 0.6) is 23.3 Å².